The SMILES string of the molecule is O=C(CCN1C(=O)COc2ccccc21)Nc1ccc(C(=O)N2CCCC2)cc1. The Hall–Kier alpha value is -3.35. The highest BCUT2D eigenvalue weighted by molar-refractivity contribution is 5.99. The number of amides is 3. The molecular weight excluding hydrogens is 370 g/mol. The van der Waals surface area contributed by atoms with Gasteiger partial charge < -0.3 is 19.9 Å². The average Bonchev–Trinajstić information content (AvgIpc) is 3.28. The summed E-state index contributed by atoms with van der Waals surface area (Å²) in [5.41, 5.74) is 1.93. The molecule has 2 aliphatic heterocycles. The minimum Gasteiger partial charge on any atom is -0.482 e. The Bertz CT molecular complexity index is 920. The van der Waals surface area contributed by atoms with Crippen molar-refractivity contribution in [3.63, 3.8) is 0 Å². The van der Waals surface area contributed by atoms with Gasteiger partial charge in [-0.25, -0.2) is 0 Å². The highest BCUT2D eigenvalue weighted by Gasteiger charge is 2.25. The molecule has 2 aromatic rings. The fourth-order valence-electron chi connectivity index (χ4n) is 3.63. The summed E-state index contributed by atoms with van der Waals surface area (Å²) in [6, 6.07) is 14.2. The highest BCUT2D eigenvalue weighted by atomic mass is 16.5. The van der Waals surface area contributed by atoms with E-state index < -0.39 is 0 Å². The number of nitrogens with one attached hydrogen (secondary N) is 1. The fourth-order valence-corrected chi connectivity index (χ4v) is 3.63. The van der Waals surface area contributed by atoms with E-state index in [0.717, 1.165) is 25.9 Å². The van der Waals surface area contributed by atoms with Crippen molar-refractivity contribution in [1.82, 2.24) is 4.90 Å². The van der Waals surface area contributed by atoms with Gasteiger partial charge in [-0.1, -0.05) is 12.1 Å². The number of ether oxygens (including phenoxy) is 1. The summed E-state index contributed by atoms with van der Waals surface area (Å²) < 4.78 is 5.41. The molecule has 4 rings (SSSR count). The number of hydrogen-bond acceptors (Lipinski definition) is 4. The predicted molar refractivity (Wildman–Crippen MR) is 109 cm³/mol. The number of likely N-dealkylation sites (tertiary alicyclic amines) is 1. The standard InChI is InChI=1S/C22H23N3O4/c26-20(11-14-25-18-5-1-2-6-19(18)29-15-21(25)27)23-17-9-7-16(8-10-17)22(28)24-12-3-4-13-24/h1-2,5-10H,3-4,11-15H2,(H,23,26). The van der Waals surface area contributed by atoms with Gasteiger partial charge >= 0.3 is 0 Å². The fraction of sp³-hybridized carbons (Fsp3) is 0.318. The summed E-state index contributed by atoms with van der Waals surface area (Å²) in [5.74, 6) is 0.317. The van der Waals surface area contributed by atoms with E-state index in [2.05, 4.69) is 5.32 Å². The Morgan fingerprint density at radius 3 is 2.48 bits per heavy atom. The topological polar surface area (TPSA) is 79.0 Å². The summed E-state index contributed by atoms with van der Waals surface area (Å²) in [7, 11) is 0. The Morgan fingerprint density at radius 2 is 1.72 bits per heavy atom. The third-order valence-corrected chi connectivity index (χ3v) is 5.18. The van der Waals surface area contributed by atoms with Crippen LogP contribution in [0.1, 0.15) is 29.6 Å². The molecule has 1 fully saturated rings. The molecule has 0 bridgehead atoms. The average molecular weight is 393 g/mol. The zero-order valence-electron chi connectivity index (χ0n) is 16.1. The van der Waals surface area contributed by atoms with Gasteiger partial charge in [-0.3, -0.25) is 14.4 Å². The second kappa shape index (κ2) is 8.34. The van der Waals surface area contributed by atoms with Gasteiger partial charge in [0.05, 0.1) is 5.69 Å². The number of hydrogen-bond donors (Lipinski definition) is 1. The molecular formula is C22H23N3O4. The zero-order valence-corrected chi connectivity index (χ0v) is 16.1. The lowest BCUT2D eigenvalue weighted by molar-refractivity contribution is -0.121. The van der Waals surface area contributed by atoms with Crippen molar-refractivity contribution in [2.75, 3.05) is 36.5 Å². The van der Waals surface area contributed by atoms with E-state index in [1.165, 1.54) is 0 Å². The number of benzene rings is 2. The lowest BCUT2D eigenvalue weighted by atomic mass is 10.1. The minimum atomic E-state index is -0.194. The summed E-state index contributed by atoms with van der Waals surface area (Å²) in [4.78, 5) is 40.3. The maximum atomic E-state index is 12.4. The van der Waals surface area contributed by atoms with Crippen LogP contribution in [0, 0.1) is 0 Å². The third kappa shape index (κ3) is 4.23. The normalized spacial score (nSPS) is 15.7. The molecule has 3 amide bonds. The second-order valence-corrected chi connectivity index (χ2v) is 7.18. The molecule has 0 radical (unpaired) electrons. The first kappa shape index (κ1) is 19.0. The van der Waals surface area contributed by atoms with E-state index in [-0.39, 0.29) is 37.3 Å². The smallest absolute Gasteiger partial charge is 0.265 e. The molecule has 150 valence electrons. The largest absolute Gasteiger partial charge is 0.482 e. The van der Waals surface area contributed by atoms with Crippen molar-refractivity contribution < 1.29 is 19.1 Å². The van der Waals surface area contributed by atoms with Crippen LogP contribution < -0.4 is 15.0 Å². The van der Waals surface area contributed by atoms with Crippen LogP contribution in [0.5, 0.6) is 5.75 Å². The molecule has 2 heterocycles. The van der Waals surface area contributed by atoms with Gasteiger partial charge in [0, 0.05) is 37.3 Å². The molecule has 1 saturated heterocycles. The van der Waals surface area contributed by atoms with E-state index in [4.69, 9.17) is 4.74 Å². The molecule has 2 aromatic carbocycles. The molecule has 2 aliphatic rings. The number of fused-ring (bicyclic) bond motifs is 1. The molecule has 7 nitrogen and oxygen atoms in total. The number of carbonyl (C=O) groups excluding carboxylic acids is 3. The second-order valence-electron chi connectivity index (χ2n) is 7.18. The molecule has 0 aliphatic carbocycles. The lowest BCUT2D eigenvalue weighted by Crippen LogP contribution is -2.40. The van der Waals surface area contributed by atoms with Crippen LogP contribution in [0.3, 0.4) is 0 Å². The maximum absolute atomic E-state index is 12.4. The maximum Gasteiger partial charge on any atom is 0.265 e. The molecule has 1 N–H and O–H groups in total. The van der Waals surface area contributed by atoms with Crippen molar-refractivity contribution in [3.8, 4) is 5.75 Å². The van der Waals surface area contributed by atoms with Gasteiger partial charge in [0.15, 0.2) is 6.61 Å². The first-order chi connectivity index (χ1) is 14.1. The van der Waals surface area contributed by atoms with E-state index in [0.29, 0.717) is 22.7 Å². The zero-order chi connectivity index (χ0) is 20.2. The molecule has 0 aromatic heterocycles. The number of nitrogens with zero attached hydrogens (tertiary/aromatic N) is 2. The van der Waals surface area contributed by atoms with Crippen LogP contribution in [0.4, 0.5) is 11.4 Å². The van der Waals surface area contributed by atoms with Gasteiger partial charge in [0.1, 0.15) is 5.75 Å². The summed E-state index contributed by atoms with van der Waals surface area (Å²) in [5, 5.41) is 2.82. The van der Waals surface area contributed by atoms with Crippen molar-refractivity contribution in [2.45, 2.75) is 19.3 Å². The molecule has 0 unspecified atom stereocenters. The van der Waals surface area contributed by atoms with Gasteiger partial charge in [0.25, 0.3) is 11.8 Å². The highest BCUT2D eigenvalue weighted by Crippen LogP contribution is 2.31. The first-order valence-electron chi connectivity index (χ1n) is 9.83. The lowest BCUT2D eigenvalue weighted by Gasteiger charge is -2.29. The Balaban J connectivity index is 1.33. The Kier molecular flexibility index (Phi) is 5.46. The van der Waals surface area contributed by atoms with Crippen LogP contribution in [0.15, 0.2) is 48.5 Å². The number of para-hydroxylation sites is 2. The molecule has 0 saturated carbocycles. The molecule has 0 spiro atoms. The molecule has 29 heavy (non-hydrogen) atoms. The van der Waals surface area contributed by atoms with Crippen LogP contribution in [0.25, 0.3) is 0 Å². The van der Waals surface area contributed by atoms with Crippen LogP contribution >= 0.6 is 0 Å². The Morgan fingerprint density at radius 1 is 1.00 bits per heavy atom. The number of rotatable bonds is 5. The summed E-state index contributed by atoms with van der Waals surface area (Å²) >= 11 is 0. The molecule has 7 heteroatoms. The van der Waals surface area contributed by atoms with Crippen LogP contribution in [-0.4, -0.2) is 48.9 Å². The van der Waals surface area contributed by atoms with Crippen molar-refractivity contribution in [2.24, 2.45) is 0 Å². The van der Waals surface area contributed by atoms with Crippen molar-refractivity contribution in [3.05, 3.63) is 54.1 Å². The Labute approximate surface area is 169 Å². The van der Waals surface area contributed by atoms with E-state index in [9.17, 15) is 14.4 Å². The van der Waals surface area contributed by atoms with E-state index in [1.54, 1.807) is 41.3 Å². The minimum absolute atomic E-state index is 0.0227. The summed E-state index contributed by atoms with van der Waals surface area (Å²) in [6.45, 7) is 1.86. The molecule has 0 atom stereocenters. The van der Waals surface area contributed by atoms with Crippen molar-refractivity contribution >= 4 is 29.1 Å². The first-order valence-corrected chi connectivity index (χ1v) is 9.83. The van der Waals surface area contributed by atoms with Crippen LogP contribution in [-0.2, 0) is 9.59 Å². The van der Waals surface area contributed by atoms with E-state index in [1.807, 2.05) is 17.0 Å². The van der Waals surface area contributed by atoms with Gasteiger partial charge in [0.2, 0.25) is 5.91 Å². The van der Waals surface area contributed by atoms with Crippen molar-refractivity contribution in [1.29, 1.82) is 0 Å². The van der Waals surface area contributed by atoms with E-state index >= 15 is 0 Å². The number of carbonyl (C=O) groups is 3. The van der Waals surface area contributed by atoms with Gasteiger partial charge in [-0.2, -0.15) is 0 Å². The predicted octanol–water partition coefficient (Wildman–Crippen LogP) is 2.68. The quantitative estimate of drug-likeness (QED) is 0.847. The van der Waals surface area contributed by atoms with Crippen LogP contribution in [0.2, 0.25) is 0 Å². The van der Waals surface area contributed by atoms with Gasteiger partial charge in [-0.05, 0) is 49.2 Å². The third-order valence-electron chi connectivity index (χ3n) is 5.18. The number of anilines is 2. The van der Waals surface area contributed by atoms with Gasteiger partial charge in [-0.15, -0.1) is 0 Å². The monoisotopic (exact) mass is 393 g/mol. The summed E-state index contributed by atoms with van der Waals surface area (Å²) in [6.07, 6.45) is 2.26.